The first-order chi connectivity index (χ1) is 7.28. The number of β-amino-alcohol motifs (C(OH)–C–C–N with tert-alkyl or cyclic N) is 1. The fourth-order valence-corrected chi connectivity index (χ4v) is 2.51. The Labute approximate surface area is 98.8 Å². The number of nitrogens with zero attached hydrogens (tertiary/aromatic N) is 1. The number of likely N-dealkylation sites (tertiary alicyclic amines) is 1. The van der Waals surface area contributed by atoms with Crippen molar-refractivity contribution in [3.8, 4) is 0 Å². The van der Waals surface area contributed by atoms with Crippen LogP contribution in [0, 0.1) is 11.3 Å². The molecular weight excluding hydrogens is 202 g/mol. The van der Waals surface area contributed by atoms with E-state index in [-0.39, 0.29) is 17.4 Å². The Morgan fingerprint density at radius 3 is 2.56 bits per heavy atom. The van der Waals surface area contributed by atoms with Gasteiger partial charge in [-0.2, -0.15) is 0 Å². The Bertz CT molecular complexity index is 245. The molecule has 0 spiro atoms. The van der Waals surface area contributed by atoms with E-state index in [9.17, 15) is 9.90 Å². The summed E-state index contributed by atoms with van der Waals surface area (Å²) in [7, 11) is 0. The second-order valence-corrected chi connectivity index (χ2v) is 6.36. The van der Waals surface area contributed by atoms with Gasteiger partial charge in [0.05, 0.1) is 6.10 Å². The summed E-state index contributed by atoms with van der Waals surface area (Å²) in [4.78, 5) is 13.7. The molecule has 0 aliphatic carbocycles. The maximum absolute atomic E-state index is 11.9. The smallest absolute Gasteiger partial charge is 0.222 e. The van der Waals surface area contributed by atoms with E-state index in [0.29, 0.717) is 18.9 Å². The molecule has 1 saturated heterocycles. The quantitative estimate of drug-likeness (QED) is 0.801. The molecule has 0 aromatic carbocycles. The lowest BCUT2D eigenvalue weighted by atomic mass is 9.84. The second kappa shape index (κ2) is 5.17. The highest BCUT2D eigenvalue weighted by Gasteiger charge is 2.26. The van der Waals surface area contributed by atoms with E-state index in [4.69, 9.17) is 0 Å². The molecule has 3 nitrogen and oxygen atoms in total. The molecule has 0 bridgehead atoms. The van der Waals surface area contributed by atoms with Gasteiger partial charge in [-0.15, -0.1) is 0 Å². The molecule has 0 aromatic rings. The van der Waals surface area contributed by atoms with Crippen LogP contribution in [-0.4, -0.2) is 35.1 Å². The number of amides is 1. The van der Waals surface area contributed by atoms with E-state index in [1.54, 1.807) is 4.90 Å². The zero-order valence-corrected chi connectivity index (χ0v) is 11.0. The van der Waals surface area contributed by atoms with Gasteiger partial charge >= 0.3 is 0 Å². The minimum Gasteiger partial charge on any atom is -0.391 e. The Balaban J connectivity index is 2.34. The molecule has 1 unspecified atom stereocenters. The Kier molecular flexibility index (Phi) is 4.36. The van der Waals surface area contributed by atoms with Crippen LogP contribution in [0.4, 0.5) is 0 Å². The average molecular weight is 227 g/mol. The van der Waals surface area contributed by atoms with E-state index >= 15 is 0 Å². The first kappa shape index (κ1) is 13.5. The van der Waals surface area contributed by atoms with Crippen LogP contribution >= 0.6 is 0 Å². The summed E-state index contributed by atoms with van der Waals surface area (Å²) in [6, 6.07) is 0. The molecule has 3 heteroatoms. The molecule has 0 saturated carbocycles. The molecule has 16 heavy (non-hydrogen) atoms. The fraction of sp³-hybridized carbons (Fsp3) is 0.923. The summed E-state index contributed by atoms with van der Waals surface area (Å²) in [5, 5.41) is 9.38. The molecule has 1 heterocycles. The van der Waals surface area contributed by atoms with Gasteiger partial charge in [-0.1, -0.05) is 27.7 Å². The molecule has 0 aromatic heterocycles. The van der Waals surface area contributed by atoms with Crippen molar-refractivity contribution in [2.24, 2.45) is 11.3 Å². The summed E-state index contributed by atoms with van der Waals surface area (Å²) >= 11 is 0. The zero-order valence-electron chi connectivity index (χ0n) is 11.0. The first-order valence-electron chi connectivity index (χ1n) is 6.24. The maximum Gasteiger partial charge on any atom is 0.222 e. The van der Waals surface area contributed by atoms with Crippen molar-refractivity contribution in [3.05, 3.63) is 0 Å². The van der Waals surface area contributed by atoms with Crippen LogP contribution in [0.15, 0.2) is 0 Å². The van der Waals surface area contributed by atoms with E-state index in [0.717, 1.165) is 19.4 Å². The Morgan fingerprint density at radius 1 is 1.50 bits per heavy atom. The highest BCUT2D eigenvalue weighted by Crippen LogP contribution is 2.26. The Hall–Kier alpha value is -0.570. The van der Waals surface area contributed by atoms with Gasteiger partial charge in [-0.3, -0.25) is 4.79 Å². The molecule has 0 radical (unpaired) electrons. The molecular formula is C13H25NO2. The van der Waals surface area contributed by atoms with Crippen molar-refractivity contribution >= 4 is 5.91 Å². The van der Waals surface area contributed by atoms with Gasteiger partial charge in [-0.25, -0.2) is 0 Å². The predicted octanol–water partition coefficient (Wildman–Crippen LogP) is 2.04. The molecule has 1 aliphatic heterocycles. The minimum atomic E-state index is -0.304. The largest absolute Gasteiger partial charge is 0.391 e. The highest BCUT2D eigenvalue weighted by atomic mass is 16.3. The standard InChI is InChI=1S/C13H25NO2/c1-10(8-13(2,3)4)7-12(16)14-6-5-11(15)9-14/h10-11,15H,5-9H2,1-4H3/t10?,11-/m1/s1. The van der Waals surface area contributed by atoms with Gasteiger partial charge in [0.2, 0.25) is 5.91 Å². The van der Waals surface area contributed by atoms with Gasteiger partial charge in [0.1, 0.15) is 0 Å². The lowest BCUT2D eigenvalue weighted by Gasteiger charge is -2.24. The van der Waals surface area contributed by atoms with E-state index in [2.05, 4.69) is 27.7 Å². The number of aliphatic hydroxyl groups excluding tert-OH is 1. The van der Waals surface area contributed by atoms with E-state index < -0.39 is 0 Å². The molecule has 1 amide bonds. The topological polar surface area (TPSA) is 40.5 Å². The summed E-state index contributed by atoms with van der Waals surface area (Å²) in [5.74, 6) is 0.624. The third kappa shape index (κ3) is 4.52. The zero-order chi connectivity index (χ0) is 12.3. The number of hydrogen-bond donors (Lipinski definition) is 1. The first-order valence-corrected chi connectivity index (χ1v) is 6.24. The molecule has 1 fully saturated rings. The van der Waals surface area contributed by atoms with Crippen molar-refractivity contribution in [1.29, 1.82) is 0 Å². The maximum atomic E-state index is 11.9. The summed E-state index contributed by atoms with van der Waals surface area (Å²) in [6.07, 6.45) is 2.11. The summed E-state index contributed by atoms with van der Waals surface area (Å²) in [5.41, 5.74) is 0.282. The van der Waals surface area contributed by atoms with Gasteiger partial charge in [0, 0.05) is 19.5 Å². The fourth-order valence-electron chi connectivity index (χ4n) is 2.51. The van der Waals surface area contributed by atoms with Crippen LogP contribution in [0.25, 0.3) is 0 Å². The van der Waals surface area contributed by atoms with Crippen molar-refractivity contribution in [1.82, 2.24) is 4.90 Å². The van der Waals surface area contributed by atoms with Crippen LogP contribution in [0.3, 0.4) is 0 Å². The summed E-state index contributed by atoms with van der Waals surface area (Å²) < 4.78 is 0. The second-order valence-electron chi connectivity index (χ2n) is 6.36. The molecule has 1 N–H and O–H groups in total. The lowest BCUT2D eigenvalue weighted by molar-refractivity contribution is -0.131. The number of carbonyl (C=O) groups excluding carboxylic acids is 1. The van der Waals surface area contributed by atoms with Crippen LogP contribution in [0.5, 0.6) is 0 Å². The van der Waals surface area contributed by atoms with Gasteiger partial charge in [0.15, 0.2) is 0 Å². The summed E-state index contributed by atoms with van der Waals surface area (Å²) in [6.45, 7) is 9.99. The van der Waals surface area contributed by atoms with E-state index in [1.165, 1.54) is 0 Å². The predicted molar refractivity (Wildman–Crippen MR) is 65.1 cm³/mol. The van der Waals surface area contributed by atoms with Crippen LogP contribution in [-0.2, 0) is 4.79 Å². The average Bonchev–Trinajstić information content (AvgIpc) is 2.47. The molecule has 94 valence electrons. The molecule has 1 rings (SSSR count). The molecule has 1 aliphatic rings. The van der Waals surface area contributed by atoms with Crippen molar-refractivity contribution in [2.75, 3.05) is 13.1 Å². The number of rotatable bonds is 3. The van der Waals surface area contributed by atoms with Crippen LogP contribution in [0.1, 0.15) is 47.0 Å². The van der Waals surface area contributed by atoms with Crippen molar-refractivity contribution in [3.63, 3.8) is 0 Å². The number of aliphatic hydroxyl groups is 1. The highest BCUT2D eigenvalue weighted by molar-refractivity contribution is 5.76. The monoisotopic (exact) mass is 227 g/mol. The van der Waals surface area contributed by atoms with Gasteiger partial charge < -0.3 is 10.0 Å². The van der Waals surface area contributed by atoms with E-state index in [1.807, 2.05) is 0 Å². The SMILES string of the molecule is CC(CC(=O)N1CC[C@@H](O)C1)CC(C)(C)C. The number of carbonyl (C=O) groups is 1. The van der Waals surface area contributed by atoms with Crippen molar-refractivity contribution < 1.29 is 9.90 Å². The molecule has 2 atom stereocenters. The third-order valence-corrected chi connectivity index (χ3v) is 3.00. The lowest BCUT2D eigenvalue weighted by Crippen LogP contribution is -2.31. The number of hydrogen-bond acceptors (Lipinski definition) is 2. The van der Waals surface area contributed by atoms with Crippen molar-refractivity contribution in [2.45, 2.75) is 53.1 Å². The Morgan fingerprint density at radius 2 is 2.12 bits per heavy atom. The van der Waals surface area contributed by atoms with Gasteiger partial charge in [-0.05, 0) is 24.2 Å². The van der Waals surface area contributed by atoms with Gasteiger partial charge in [0.25, 0.3) is 0 Å². The normalized spacial score (nSPS) is 23.6. The van der Waals surface area contributed by atoms with Crippen LogP contribution in [0.2, 0.25) is 0 Å². The third-order valence-electron chi connectivity index (χ3n) is 3.00. The minimum absolute atomic E-state index is 0.202. The van der Waals surface area contributed by atoms with Crippen LogP contribution < -0.4 is 0 Å².